The lowest BCUT2D eigenvalue weighted by Crippen LogP contribution is -2.23. The van der Waals surface area contributed by atoms with Crippen LogP contribution in [-0.4, -0.2) is 12.6 Å². The number of hydrogen-bond donors (Lipinski definition) is 0. The first-order valence-electron chi connectivity index (χ1n) is 5.90. The average Bonchev–Trinajstić information content (AvgIpc) is 2.82. The number of nitrogens with zero attached hydrogens (tertiary/aromatic N) is 1. The van der Waals surface area contributed by atoms with Gasteiger partial charge in [-0.15, -0.1) is 0 Å². The van der Waals surface area contributed by atoms with E-state index < -0.39 is 0 Å². The summed E-state index contributed by atoms with van der Waals surface area (Å²) in [6.45, 7) is 0.242. The van der Waals surface area contributed by atoms with E-state index in [4.69, 9.17) is 4.74 Å². The number of benzene rings is 1. The Bertz CT molecular complexity index is 645. The van der Waals surface area contributed by atoms with E-state index in [0.29, 0.717) is 10.3 Å². The third-order valence-electron chi connectivity index (χ3n) is 3.07. The Morgan fingerprint density at radius 1 is 1.00 bits per heavy atom. The normalized spacial score (nSPS) is 14.6. The minimum absolute atomic E-state index is 0.242. The molecule has 0 amide bonds. The van der Waals surface area contributed by atoms with Gasteiger partial charge in [-0.25, -0.2) is 4.79 Å². The molecule has 4 nitrogen and oxygen atoms in total. The lowest BCUT2D eigenvalue weighted by Gasteiger charge is -2.04. The van der Waals surface area contributed by atoms with E-state index in [2.05, 4.69) is 0 Å². The van der Waals surface area contributed by atoms with Crippen LogP contribution in [0.25, 0.3) is 11.1 Å². The summed E-state index contributed by atoms with van der Waals surface area (Å²) in [5.74, 6) is -0.319. The molecule has 0 fully saturated rings. The predicted molar refractivity (Wildman–Crippen MR) is 69.6 cm³/mol. The number of pyridine rings is 1. The Morgan fingerprint density at radius 2 is 1.68 bits per heavy atom. The summed E-state index contributed by atoms with van der Waals surface area (Å²) in [7, 11) is 0. The van der Waals surface area contributed by atoms with Gasteiger partial charge in [-0.2, -0.15) is 4.73 Å². The Labute approximate surface area is 110 Å². The van der Waals surface area contributed by atoms with Crippen molar-refractivity contribution in [1.82, 2.24) is 0 Å². The van der Waals surface area contributed by atoms with Crippen molar-refractivity contribution in [2.75, 3.05) is 6.61 Å². The topological polar surface area (TPSA) is 53.2 Å². The molecule has 1 aromatic carbocycles. The maximum absolute atomic E-state index is 11.9. The van der Waals surface area contributed by atoms with Crippen LogP contribution in [-0.2, 0) is 9.53 Å². The molecule has 0 atom stereocenters. The van der Waals surface area contributed by atoms with Crippen molar-refractivity contribution in [2.24, 2.45) is 0 Å². The summed E-state index contributed by atoms with van der Waals surface area (Å²) in [4.78, 5) is 11.9. The van der Waals surface area contributed by atoms with Crippen molar-refractivity contribution in [2.45, 2.75) is 0 Å². The van der Waals surface area contributed by atoms with Crippen LogP contribution < -0.4 is 4.73 Å². The van der Waals surface area contributed by atoms with E-state index in [-0.39, 0.29) is 12.6 Å². The Kier molecular flexibility index (Phi) is 2.76. The van der Waals surface area contributed by atoms with Gasteiger partial charge in [0, 0.05) is 17.7 Å². The summed E-state index contributed by atoms with van der Waals surface area (Å²) < 4.78 is 5.83. The molecule has 0 saturated carbocycles. The van der Waals surface area contributed by atoms with Gasteiger partial charge in [0.05, 0.1) is 5.57 Å². The molecule has 1 aromatic heterocycles. The molecule has 0 saturated heterocycles. The van der Waals surface area contributed by atoms with Crippen molar-refractivity contribution in [3.63, 3.8) is 0 Å². The Morgan fingerprint density at radius 3 is 2.37 bits per heavy atom. The minimum atomic E-state index is -0.319. The van der Waals surface area contributed by atoms with Gasteiger partial charge >= 0.3 is 5.97 Å². The number of esters is 1. The van der Waals surface area contributed by atoms with E-state index in [9.17, 15) is 10.0 Å². The van der Waals surface area contributed by atoms with E-state index in [1.54, 1.807) is 12.1 Å². The van der Waals surface area contributed by atoms with Crippen LogP contribution in [0, 0.1) is 5.21 Å². The number of cyclic esters (lactones) is 1. The van der Waals surface area contributed by atoms with Crippen molar-refractivity contribution in [1.29, 1.82) is 0 Å². The van der Waals surface area contributed by atoms with Gasteiger partial charge in [0.25, 0.3) is 0 Å². The van der Waals surface area contributed by atoms with Crippen LogP contribution in [0.5, 0.6) is 0 Å². The van der Waals surface area contributed by atoms with E-state index in [1.165, 1.54) is 12.4 Å². The SMILES string of the molecule is O=C1OCC(c2cc[n+]([O-])cc2)=C1c1ccccc1. The van der Waals surface area contributed by atoms with Crippen LogP contribution in [0.3, 0.4) is 0 Å². The number of hydrogen-bond acceptors (Lipinski definition) is 3. The molecular formula is C15H11NO3. The van der Waals surface area contributed by atoms with Gasteiger partial charge in [-0.3, -0.25) is 0 Å². The number of rotatable bonds is 2. The van der Waals surface area contributed by atoms with Crippen molar-refractivity contribution in [3.8, 4) is 0 Å². The molecule has 0 radical (unpaired) electrons. The summed E-state index contributed by atoms with van der Waals surface area (Å²) in [5.41, 5.74) is 3.05. The molecular weight excluding hydrogens is 242 g/mol. The molecule has 0 bridgehead atoms. The number of aromatic nitrogens is 1. The van der Waals surface area contributed by atoms with Crippen LogP contribution in [0.1, 0.15) is 11.1 Å². The highest BCUT2D eigenvalue weighted by Gasteiger charge is 2.27. The highest BCUT2D eigenvalue weighted by atomic mass is 16.5. The predicted octanol–water partition coefficient (Wildman–Crippen LogP) is 1.79. The quantitative estimate of drug-likeness (QED) is 0.466. The second kappa shape index (κ2) is 4.57. The van der Waals surface area contributed by atoms with Gasteiger partial charge in [0.2, 0.25) is 0 Å². The molecule has 0 N–H and O–H groups in total. The third-order valence-corrected chi connectivity index (χ3v) is 3.07. The number of carbonyl (C=O) groups excluding carboxylic acids is 1. The van der Waals surface area contributed by atoms with Crippen LogP contribution in [0.15, 0.2) is 54.9 Å². The average molecular weight is 253 g/mol. The molecule has 4 heteroatoms. The zero-order valence-corrected chi connectivity index (χ0v) is 10.1. The van der Waals surface area contributed by atoms with Crippen LogP contribution in [0.4, 0.5) is 0 Å². The van der Waals surface area contributed by atoms with Crippen molar-refractivity contribution in [3.05, 3.63) is 71.2 Å². The molecule has 2 heterocycles. The number of carbonyl (C=O) groups is 1. The fourth-order valence-electron chi connectivity index (χ4n) is 2.14. The highest BCUT2D eigenvalue weighted by Crippen LogP contribution is 2.32. The third kappa shape index (κ3) is 2.08. The molecule has 94 valence electrons. The zero-order chi connectivity index (χ0) is 13.2. The highest BCUT2D eigenvalue weighted by molar-refractivity contribution is 6.27. The molecule has 0 unspecified atom stereocenters. The zero-order valence-electron chi connectivity index (χ0n) is 10.1. The summed E-state index contributed by atoms with van der Waals surface area (Å²) in [6.07, 6.45) is 2.82. The van der Waals surface area contributed by atoms with Crippen molar-refractivity contribution < 1.29 is 14.3 Å². The smallest absolute Gasteiger partial charge is 0.339 e. The Hall–Kier alpha value is -2.62. The monoisotopic (exact) mass is 253 g/mol. The standard InChI is InChI=1S/C15H11NO3/c17-15-14(12-4-2-1-3-5-12)13(10-19-15)11-6-8-16(18)9-7-11/h1-9H,10H2. The van der Waals surface area contributed by atoms with Crippen LogP contribution >= 0.6 is 0 Å². The summed E-state index contributed by atoms with van der Waals surface area (Å²) in [6, 6.07) is 12.8. The van der Waals surface area contributed by atoms with Crippen molar-refractivity contribution >= 4 is 17.1 Å². The molecule has 3 rings (SSSR count). The van der Waals surface area contributed by atoms with Gasteiger partial charge in [-0.05, 0) is 11.1 Å². The summed E-state index contributed by atoms with van der Waals surface area (Å²) >= 11 is 0. The van der Waals surface area contributed by atoms with Gasteiger partial charge in [0.1, 0.15) is 6.61 Å². The first-order valence-corrected chi connectivity index (χ1v) is 5.90. The second-order valence-corrected chi connectivity index (χ2v) is 4.24. The fourth-order valence-corrected chi connectivity index (χ4v) is 2.14. The maximum atomic E-state index is 11.9. The van der Waals surface area contributed by atoms with E-state index in [1.807, 2.05) is 30.3 Å². The van der Waals surface area contributed by atoms with E-state index >= 15 is 0 Å². The number of ether oxygens (including phenoxy) is 1. The second-order valence-electron chi connectivity index (χ2n) is 4.24. The lowest BCUT2D eigenvalue weighted by atomic mass is 9.97. The largest absolute Gasteiger partial charge is 0.619 e. The molecule has 0 aliphatic carbocycles. The van der Waals surface area contributed by atoms with Gasteiger partial charge in [0.15, 0.2) is 12.4 Å². The van der Waals surface area contributed by atoms with Gasteiger partial charge in [-0.1, -0.05) is 30.3 Å². The first kappa shape index (κ1) is 11.5. The molecule has 2 aromatic rings. The Balaban J connectivity index is 2.13. The minimum Gasteiger partial charge on any atom is -0.619 e. The molecule has 1 aliphatic rings. The lowest BCUT2D eigenvalue weighted by molar-refractivity contribution is -0.605. The van der Waals surface area contributed by atoms with Gasteiger partial charge < -0.3 is 9.94 Å². The molecule has 0 spiro atoms. The first-order chi connectivity index (χ1) is 9.25. The fraction of sp³-hybridized carbons (Fsp3) is 0.0667. The summed E-state index contributed by atoms with van der Waals surface area (Å²) in [5, 5.41) is 11.1. The maximum Gasteiger partial charge on any atom is 0.339 e. The molecule has 19 heavy (non-hydrogen) atoms. The van der Waals surface area contributed by atoms with Crippen LogP contribution in [0.2, 0.25) is 0 Å². The molecule has 1 aliphatic heterocycles. The van der Waals surface area contributed by atoms with E-state index in [0.717, 1.165) is 16.7 Å².